The van der Waals surface area contributed by atoms with Gasteiger partial charge in [0.05, 0.1) is 12.2 Å². The molecule has 3 N–H and O–H groups in total. The number of amides is 2. The first kappa shape index (κ1) is 15.9. The van der Waals surface area contributed by atoms with Crippen LogP contribution >= 0.6 is 0 Å². The Morgan fingerprint density at radius 3 is 2.60 bits per heavy atom. The Morgan fingerprint density at radius 2 is 2.05 bits per heavy atom. The Morgan fingerprint density at radius 1 is 1.35 bits per heavy atom. The van der Waals surface area contributed by atoms with Crippen molar-refractivity contribution in [1.29, 1.82) is 0 Å². The minimum atomic E-state index is -1.03. The quantitative estimate of drug-likeness (QED) is 0.739. The fourth-order valence-corrected chi connectivity index (χ4v) is 1.77. The van der Waals surface area contributed by atoms with Crippen LogP contribution in [-0.2, 0) is 11.3 Å². The minimum absolute atomic E-state index is 0.190. The molecule has 2 amide bonds. The number of nitrogens with one attached hydrogen (secondary N) is 2. The fourth-order valence-electron chi connectivity index (χ4n) is 1.77. The first-order valence-corrected chi connectivity index (χ1v) is 6.58. The number of aromatic nitrogens is 1. The van der Waals surface area contributed by atoms with Gasteiger partial charge in [0.25, 0.3) is 0 Å². The lowest BCUT2D eigenvalue weighted by atomic mass is 10.0. The zero-order chi connectivity index (χ0) is 15.1. The van der Waals surface area contributed by atoms with Gasteiger partial charge in [-0.1, -0.05) is 19.9 Å². The number of urea groups is 1. The molecule has 6 nitrogen and oxygen atoms in total. The van der Waals surface area contributed by atoms with Gasteiger partial charge in [-0.3, -0.25) is 4.98 Å². The van der Waals surface area contributed by atoms with Gasteiger partial charge < -0.3 is 15.7 Å². The topological polar surface area (TPSA) is 91.3 Å². The van der Waals surface area contributed by atoms with Crippen LogP contribution in [0.4, 0.5) is 4.79 Å². The second kappa shape index (κ2) is 7.47. The molecule has 110 valence electrons. The maximum absolute atomic E-state index is 11.7. The van der Waals surface area contributed by atoms with Gasteiger partial charge in [-0.25, -0.2) is 9.59 Å². The molecule has 0 saturated heterocycles. The van der Waals surface area contributed by atoms with Crippen molar-refractivity contribution < 1.29 is 14.7 Å². The molecular weight excluding hydrogens is 258 g/mol. The van der Waals surface area contributed by atoms with Crippen molar-refractivity contribution in [3.05, 3.63) is 29.6 Å². The number of carbonyl (C=O) groups excluding carboxylic acids is 1. The second-order valence-corrected chi connectivity index (χ2v) is 5.12. The molecule has 1 heterocycles. The molecule has 0 fully saturated rings. The maximum atomic E-state index is 11.7. The number of carbonyl (C=O) groups is 2. The third-order valence-corrected chi connectivity index (χ3v) is 2.69. The number of aryl methyl sites for hydroxylation is 1. The predicted molar refractivity (Wildman–Crippen MR) is 75.2 cm³/mol. The monoisotopic (exact) mass is 279 g/mol. The van der Waals surface area contributed by atoms with Gasteiger partial charge in [0.15, 0.2) is 0 Å². The number of pyridine rings is 1. The molecule has 6 heteroatoms. The Kier molecular flexibility index (Phi) is 5.96. The summed E-state index contributed by atoms with van der Waals surface area (Å²) in [6.45, 7) is 5.95. The molecule has 0 radical (unpaired) electrons. The third-order valence-electron chi connectivity index (χ3n) is 2.69. The van der Waals surface area contributed by atoms with Crippen LogP contribution in [0, 0.1) is 12.8 Å². The number of nitrogens with zero attached hydrogens (tertiary/aromatic N) is 1. The summed E-state index contributed by atoms with van der Waals surface area (Å²) < 4.78 is 0. The minimum Gasteiger partial charge on any atom is -0.480 e. The molecule has 1 rings (SSSR count). The summed E-state index contributed by atoms with van der Waals surface area (Å²) in [7, 11) is 0. The highest BCUT2D eigenvalue weighted by Gasteiger charge is 2.20. The lowest BCUT2D eigenvalue weighted by molar-refractivity contribution is -0.139. The van der Waals surface area contributed by atoms with Gasteiger partial charge in [0, 0.05) is 5.69 Å². The van der Waals surface area contributed by atoms with Crippen molar-refractivity contribution in [3.63, 3.8) is 0 Å². The number of aliphatic carboxylic acids is 1. The Hall–Kier alpha value is -2.11. The molecule has 0 spiro atoms. The summed E-state index contributed by atoms with van der Waals surface area (Å²) in [5.74, 6) is -0.836. The largest absolute Gasteiger partial charge is 0.480 e. The maximum Gasteiger partial charge on any atom is 0.326 e. The van der Waals surface area contributed by atoms with Crippen LogP contribution in [0.25, 0.3) is 0 Å². The molecule has 20 heavy (non-hydrogen) atoms. The summed E-state index contributed by atoms with van der Waals surface area (Å²) in [6.07, 6.45) is 0.394. The molecular formula is C14H21N3O3. The predicted octanol–water partition coefficient (Wildman–Crippen LogP) is 1.69. The fraction of sp³-hybridized carbons (Fsp3) is 0.500. The molecule has 0 aliphatic heterocycles. The Balaban J connectivity index is 2.47. The second-order valence-electron chi connectivity index (χ2n) is 5.12. The van der Waals surface area contributed by atoms with E-state index in [9.17, 15) is 9.59 Å². The first-order valence-electron chi connectivity index (χ1n) is 6.58. The van der Waals surface area contributed by atoms with Crippen LogP contribution < -0.4 is 10.6 Å². The summed E-state index contributed by atoms with van der Waals surface area (Å²) in [5, 5.41) is 14.1. The molecule has 0 aromatic carbocycles. The van der Waals surface area contributed by atoms with Gasteiger partial charge in [-0.15, -0.1) is 0 Å². The van der Waals surface area contributed by atoms with E-state index in [-0.39, 0.29) is 12.5 Å². The van der Waals surface area contributed by atoms with Gasteiger partial charge in [-0.05, 0) is 31.4 Å². The van der Waals surface area contributed by atoms with E-state index in [2.05, 4.69) is 15.6 Å². The van der Waals surface area contributed by atoms with Crippen molar-refractivity contribution in [1.82, 2.24) is 15.6 Å². The highest BCUT2D eigenvalue weighted by molar-refractivity contribution is 5.82. The highest BCUT2D eigenvalue weighted by Crippen LogP contribution is 2.05. The van der Waals surface area contributed by atoms with E-state index >= 15 is 0 Å². The molecule has 0 bridgehead atoms. The van der Waals surface area contributed by atoms with E-state index in [1.807, 2.05) is 32.9 Å². The molecule has 1 atom stereocenters. The summed E-state index contributed by atoms with van der Waals surface area (Å²) in [6, 6.07) is 4.15. The van der Waals surface area contributed by atoms with Gasteiger partial charge in [-0.2, -0.15) is 0 Å². The standard InChI is InChI=1S/C14H21N3O3/c1-9(2)7-12(13(18)19)17-14(20)15-8-11-6-4-5-10(3)16-11/h4-6,9,12H,7-8H2,1-3H3,(H,18,19)(H2,15,17,20). The van der Waals surface area contributed by atoms with Crippen molar-refractivity contribution in [2.24, 2.45) is 5.92 Å². The first-order chi connectivity index (χ1) is 9.38. The van der Waals surface area contributed by atoms with E-state index in [4.69, 9.17) is 5.11 Å². The Bertz CT molecular complexity index is 474. The van der Waals surface area contributed by atoms with Crippen LogP contribution in [0.3, 0.4) is 0 Å². The average molecular weight is 279 g/mol. The SMILES string of the molecule is Cc1cccc(CNC(=O)NC(CC(C)C)C(=O)O)n1. The van der Waals surface area contributed by atoms with E-state index in [0.29, 0.717) is 6.42 Å². The summed E-state index contributed by atoms with van der Waals surface area (Å²) >= 11 is 0. The van der Waals surface area contributed by atoms with Gasteiger partial charge >= 0.3 is 12.0 Å². The number of carboxylic acids is 1. The summed E-state index contributed by atoms with van der Waals surface area (Å²) in [4.78, 5) is 27.0. The smallest absolute Gasteiger partial charge is 0.326 e. The van der Waals surface area contributed by atoms with E-state index in [1.165, 1.54) is 0 Å². The zero-order valence-electron chi connectivity index (χ0n) is 12.0. The molecule has 1 aromatic heterocycles. The molecule has 0 aliphatic carbocycles. The highest BCUT2D eigenvalue weighted by atomic mass is 16.4. The third kappa shape index (κ3) is 5.69. The number of rotatable bonds is 6. The van der Waals surface area contributed by atoms with Crippen LogP contribution in [0.15, 0.2) is 18.2 Å². The summed E-state index contributed by atoms with van der Waals surface area (Å²) in [5.41, 5.74) is 1.60. The molecule has 0 aliphatic rings. The van der Waals surface area contributed by atoms with Gasteiger partial charge in [0.2, 0.25) is 0 Å². The normalized spacial score (nSPS) is 12.0. The number of hydrogen-bond donors (Lipinski definition) is 3. The molecule has 1 aromatic rings. The van der Waals surface area contributed by atoms with E-state index < -0.39 is 18.0 Å². The number of hydrogen-bond acceptors (Lipinski definition) is 3. The van der Waals surface area contributed by atoms with Crippen LogP contribution in [0.1, 0.15) is 31.7 Å². The van der Waals surface area contributed by atoms with Crippen LogP contribution in [-0.4, -0.2) is 28.1 Å². The van der Waals surface area contributed by atoms with Crippen molar-refractivity contribution in [2.75, 3.05) is 0 Å². The Labute approximate surface area is 118 Å². The van der Waals surface area contributed by atoms with Crippen molar-refractivity contribution in [2.45, 2.75) is 39.8 Å². The molecule has 0 saturated carbocycles. The number of carboxylic acid groups (broad SMARTS) is 1. The van der Waals surface area contributed by atoms with Gasteiger partial charge in [0.1, 0.15) is 6.04 Å². The van der Waals surface area contributed by atoms with E-state index in [0.717, 1.165) is 11.4 Å². The van der Waals surface area contributed by atoms with Crippen molar-refractivity contribution >= 4 is 12.0 Å². The lowest BCUT2D eigenvalue weighted by Gasteiger charge is -2.16. The van der Waals surface area contributed by atoms with E-state index in [1.54, 1.807) is 6.07 Å². The van der Waals surface area contributed by atoms with Crippen LogP contribution in [0.2, 0.25) is 0 Å². The lowest BCUT2D eigenvalue weighted by Crippen LogP contribution is -2.46. The molecule has 1 unspecified atom stereocenters. The van der Waals surface area contributed by atoms with Crippen LogP contribution in [0.5, 0.6) is 0 Å². The van der Waals surface area contributed by atoms with Crippen molar-refractivity contribution in [3.8, 4) is 0 Å². The average Bonchev–Trinajstić information content (AvgIpc) is 2.35. The zero-order valence-corrected chi connectivity index (χ0v) is 12.0.